The Bertz CT molecular complexity index is 460. The predicted octanol–water partition coefficient (Wildman–Crippen LogP) is 3.03. The van der Waals surface area contributed by atoms with E-state index >= 15 is 0 Å². The lowest BCUT2D eigenvalue weighted by molar-refractivity contribution is 0.0518. The number of nitrogens with one attached hydrogen (secondary N) is 1. The number of aromatic nitrogens is 2. The Morgan fingerprint density at radius 1 is 1.50 bits per heavy atom. The summed E-state index contributed by atoms with van der Waals surface area (Å²) in [4.78, 5) is 20.0. The van der Waals surface area contributed by atoms with E-state index in [0.717, 1.165) is 0 Å². The number of rotatable bonds is 4. The standard InChI is InChI=1S/C13H21ClN4O2/c1-9(2)8-18(11-15-7-6-10(14)16-11)17-12(19)20-13(3,4)5/h6-7,9H,8H2,1-5H3,(H,17,19). The number of carbonyl (C=O) groups is 1. The smallest absolute Gasteiger partial charge is 0.426 e. The third kappa shape index (κ3) is 6.06. The Hall–Kier alpha value is -1.56. The summed E-state index contributed by atoms with van der Waals surface area (Å²) in [6, 6.07) is 1.58. The van der Waals surface area contributed by atoms with Gasteiger partial charge in [-0.2, -0.15) is 4.98 Å². The fraction of sp³-hybridized carbons (Fsp3) is 0.615. The van der Waals surface area contributed by atoms with Crippen molar-refractivity contribution in [3.63, 3.8) is 0 Å². The fourth-order valence-corrected chi connectivity index (χ4v) is 1.54. The molecule has 20 heavy (non-hydrogen) atoms. The highest BCUT2D eigenvalue weighted by molar-refractivity contribution is 6.29. The van der Waals surface area contributed by atoms with Gasteiger partial charge in [0, 0.05) is 12.7 Å². The molecule has 0 aliphatic carbocycles. The first kappa shape index (κ1) is 16.5. The molecule has 0 unspecified atom stereocenters. The van der Waals surface area contributed by atoms with E-state index in [2.05, 4.69) is 15.4 Å². The Morgan fingerprint density at radius 3 is 2.65 bits per heavy atom. The summed E-state index contributed by atoms with van der Waals surface area (Å²) in [5.74, 6) is 0.629. The molecule has 0 fully saturated rings. The van der Waals surface area contributed by atoms with Gasteiger partial charge < -0.3 is 4.74 Å². The molecular weight excluding hydrogens is 280 g/mol. The number of nitrogens with zero attached hydrogens (tertiary/aromatic N) is 3. The molecule has 6 nitrogen and oxygen atoms in total. The van der Waals surface area contributed by atoms with Gasteiger partial charge >= 0.3 is 6.09 Å². The zero-order valence-corrected chi connectivity index (χ0v) is 13.2. The van der Waals surface area contributed by atoms with Crippen LogP contribution in [-0.2, 0) is 4.74 Å². The number of anilines is 1. The van der Waals surface area contributed by atoms with Crippen molar-refractivity contribution in [3.05, 3.63) is 17.4 Å². The molecule has 1 aromatic heterocycles. The predicted molar refractivity (Wildman–Crippen MR) is 78.6 cm³/mol. The van der Waals surface area contributed by atoms with E-state index in [1.807, 2.05) is 13.8 Å². The quantitative estimate of drug-likeness (QED) is 0.684. The van der Waals surface area contributed by atoms with Crippen molar-refractivity contribution in [1.29, 1.82) is 0 Å². The first-order valence-electron chi connectivity index (χ1n) is 6.43. The summed E-state index contributed by atoms with van der Waals surface area (Å²) >= 11 is 5.85. The number of hydrazine groups is 1. The van der Waals surface area contributed by atoms with Gasteiger partial charge in [-0.1, -0.05) is 25.4 Å². The Balaban J connectivity index is 2.82. The number of carbonyl (C=O) groups excluding carboxylic acids is 1. The molecule has 0 aromatic carbocycles. The zero-order chi connectivity index (χ0) is 15.3. The lowest BCUT2D eigenvalue weighted by Crippen LogP contribution is -2.47. The van der Waals surface area contributed by atoms with Crippen molar-refractivity contribution in [2.75, 3.05) is 11.6 Å². The van der Waals surface area contributed by atoms with Crippen molar-refractivity contribution in [2.24, 2.45) is 5.92 Å². The van der Waals surface area contributed by atoms with E-state index in [-0.39, 0.29) is 0 Å². The van der Waals surface area contributed by atoms with E-state index < -0.39 is 11.7 Å². The summed E-state index contributed by atoms with van der Waals surface area (Å²) in [5, 5.41) is 1.85. The molecule has 1 heterocycles. The summed E-state index contributed by atoms with van der Waals surface area (Å²) in [5.41, 5.74) is 2.07. The maximum Gasteiger partial charge on any atom is 0.426 e. The van der Waals surface area contributed by atoms with Gasteiger partial charge in [-0.05, 0) is 32.8 Å². The maximum absolute atomic E-state index is 11.8. The van der Waals surface area contributed by atoms with Gasteiger partial charge in [0.1, 0.15) is 10.8 Å². The maximum atomic E-state index is 11.8. The topological polar surface area (TPSA) is 67.4 Å². The van der Waals surface area contributed by atoms with Crippen molar-refractivity contribution >= 4 is 23.6 Å². The molecule has 1 aromatic rings. The number of hydrogen-bond donors (Lipinski definition) is 1. The molecule has 0 bridgehead atoms. The molecular formula is C13H21ClN4O2. The molecule has 0 spiro atoms. The van der Waals surface area contributed by atoms with Crippen LogP contribution in [0.25, 0.3) is 0 Å². The zero-order valence-electron chi connectivity index (χ0n) is 12.5. The minimum atomic E-state index is -0.567. The van der Waals surface area contributed by atoms with E-state index in [0.29, 0.717) is 23.6 Å². The molecule has 0 saturated heterocycles. The normalized spacial score (nSPS) is 11.3. The molecule has 1 N–H and O–H groups in total. The largest absolute Gasteiger partial charge is 0.443 e. The number of amides is 1. The van der Waals surface area contributed by atoms with Crippen LogP contribution in [0.2, 0.25) is 5.15 Å². The molecule has 0 aliphatic rings. The minimum absolute atomic E-state index is 0.299. The van der Waals surface area contributed by atoms with Crippen LogP contribution < -0.4 is 10.4 Å². The third-order valence-corrected chi connectivity index (χ3v) is 2.23. The highest BCUT2D eigenvalue weighted by atomic mass is 35.5. The number of hydrogen-bond acceptors (Lipinski definition) is 5. The van der Waals surface area contributed by atoms with Crippen molar-refractivity contribution in [1.82, 2.24) is 15.4 Å². The highest BCUT2D eigenvalue weighted by Gasteiger charge is 2.20. The monoisotopic (exact) mass is 300 g/mol. The van der Waals surface area contributed by atoms with Crippen LogP contribution in [0.3, 0.4) is 0 Å². The molecule has 7 heteroatoms. The van der Waals surface area contributed by atoms with Crippen molar-refractivity contribution in [2.45, 2.75) is 40.2 Å². The molecule has 0 atom stereocenters. The van der Waals surface area contributed by atoms with E-state index in [4.69, 9.17) is 16.3 Å². The van der Waals surface area contributed by atoms with Crippen LogP contribution in [0, 0.1) is 5.92 Å². The van der Waals surface area contributed by atoms with E-state index in [9.17, 15) is 4.79 Å². The van der Waals surface area contributed by atoms with Crippen LogP contribution in [0.4, 0.5) is 10.7 Å². The second-order valence-corrected chi connectivity index (χ2v) is 6.18. The van der Waals surface area contributed by atoms with E-state index in [1.165, 1.54) is 11.2 Å². The molecule has 1 amide bonds. The van der Waals surface area contributed by atoms with Crippen LogP contribution in [0.1, 0.15) is 34.6 Å². The molecule has 112 valence electrons. The van der Waals surface area contributed by atoms with Gasteiger partial charge in [0.15, 0.2) is 0 Å². The van der Waals surface area contributed by atoms with Gasteiger partial charge in [0.2, 0.25) is 5.95 Å². The second kappa shape index (κ2) is 6.74. The minimum Gasteiger partial charge on any atom is -0.443 e. The Kier molecular flexibility index (Phi) is 5.56. The van der Waals surface area contributed by atoms with Crippen molar-refractivity contribution < 1.29 is 9.53 Å². The Morgan fingerprint density at radius 2 is 2.15 bits per heavy atom. The second-order valence-electron chi connectivity index (χ2n) is 5.80. The first-order valence-corrected chi connectivity index (χ1v) is 6.81. The number of halogens is 1. The SMILES string of the molecule is CC(C)CN(NC(=O)OC(C)(C)C)c1nccc(Cl)n1. The van der Waals surface area contributed by atoms with Crippen LogP contribution in [-0.4, -0.2) is 28.2 Å². The number of ether oxygens (including phenoxy) is 1. The molecule has 0 aliphatic heterocycles. The van der Waals surface area contributed by atoms with Gasteiger partial charge in [-0.3, -0.25) is 0 Å². The first-order chi connectivity index (χ1) is 9.17. The summed E-state index contributed by atoms with van der Waals surface area (Å²) in [6.07, 6.45) is 0.983. The summed E-state index contributed by atoms with van der Waals surface area (Å²) in [6.45, 7) is 9.99. The lowest BCUT2D eigenvalue weighted by atomic mass is 10.2. The summed E-state index contributed by atoms with van der Waals surface area (Å²) < 4.78 is 5.22. The molecule has 0 saturated carbocycles. The highest BCUT2D eigenvalue weighted by Crippen LogP contribution is 2.12. The van der Waals surface area contributed by atoms with Gasteiger partial charge in [-0.25, -0.2) is 20.2 Å². The Labute approximate surface area is 124 Å². The average Bonchev–Trinajstić information content (AvgIpc) is 2.24. The third-order valence-electron chi connectivity index (χ3n) is 2.02. The van der Waals surface area contributed by atoms with Gasteiger partial charge in [0.25, 0.3) is 0 Å². The van der Waals surface area contributed by atoms with Crippen LogP contribution >= 0.6 is 11.6 Å². The van der Waals surface area contributed by atoms with Crippen LogP contribution in [0.15, 0.2) is 12.3 Å². The summed E-state index contributed by atoms with van der Waals surface area (Å²) in [7, 11) is 0. The fourth-order valence-electron chi connectivity index (χ4n) is 1.41. The van der Waals surface area contributed by atoms with Crippen molar-refractivity contribution in [3.8, 4) is 0 Å². The molecule has 1 rings (SSSR count). The van der Waals surface area contributed by atoms with Gasteiger partial charge in [0.05, 0.1) is 0 Å². The average molecular weight is 301 g/mol. The molecule has 0 radical (unpaired) electrons. The lowest BCUT2D eigenvalue weighted by Gasteiger charge is -2.27. The van der Waals surface area contributed by atoms with Crippen LogP contribution in [0.5, 0.6) is 0 Å². The van der Waals surface area contributed by atoms with Gasteiger partial charge in [-0.15, -0.1) is 0 Å². The van der Waals surface area contributed by atoms with E-state index in [1.54, 1.807) is 26.8 Å².